The lowest BCUT2D eigenvalue weighted by atomic mass is 9.86. The van der Waals surface area contributed by atoms with Crippen LogP contribution in [0.25, 0.3) is 0 Å². The van der Waals surface area contributed by atoms with Gasteiger partial charge >= 0.3 is 0 Å². The number of aryl methyl sites for hydroxylation is 1. The van der Waals surface area contributed by atoms with Gasteiger partial charge in [0, 0.05) is 25.7 Å². The van der Waals surface area contributed by atoms with Crippen LogP contribution >= 0.6 is 0 Å². The number of methoxy groups -OCH3 is 1. The topological polar surface area (TPSA) is 32.7 Å². The Morgan fingerprint density at radius 1 is 1.45 bits per heavy atom. The van der Waals surface area contributed by atoms with E-state index in [4.69, 9.17) is 4.74 Å². The van der Waals surface area contributed by atoms with Crippen molar-refractivity contribution in [3.8, 4) is 5.75 Å². The van der Waals surface area contributed by atoms with E-state index in [-0.39, 0.29) is 0 Å². The fourth-order valence-electron chi connectivity index (χ4n) is 3.22. The number of aromatic hydroxyl groups is 1. The molecule has 0 amide bonds. The van der Waals surface area contributed by atoms with Crippen molar-refractivity contribution >= 4 is 0 Å². The molecule has 0 spiro atoms. The molecular formula is C17H27NO2. The van der Waals surface area contributed by atoms with E-state index in [1.165, 1.54) is 24.0 Å². The van der Waals surface area contributed by atoms with Crippen molar-refractivity contribution in [3.05, 3.63) is 29.3 Å². The largest absolute Gasteiger partial charge is 0.508 e. The summed E-state index contributed by atoms with van der Waals surface area (Å²) < 4.78 is 5.28. The highest BCUT2D eigenvalue weighted by molar-refractivity contribution is 5.38. The number of phenolic OH excluding ortho intramolecular Hbond substituents is 1. The lowest BCUT2D eigenvalue weighted by Crippen LogP contribution is -2.40. The highest BCUT2D eigenvalue weighted by Crippen LogP contribution is 2.37. The van der Waals surface area contributed by atoms with Gasteiger partial charge in [-0.3, -0.25) is 4.90 Å². The van der Waals surface area contributed by atoms with Gasteiger partial charge < -0.3 is 9.84 Å². The number of fused-ring (bicyclic) bond motifs is 1. The highest BCUT2D eigenvalue weighted by atomic mass is 16.5. The molecule has 112 valence electrons. The summed E-state index contributed by atoms with van der Waals surface area (Å²) >= 11 is 0. The molecule has 1 aromatic rings. The number of ether oxygens (including phenoxy) is 1. The van der Waals surface area contributed by atoms with Gasteiger partial charge in [-0.1, -0.05) is 13.0 Å². The molecular weight excluding hydrogens is 250 g/mol. The average Bonchev–Trinajstić information content (AvgIpc) is 2.47. The first-order chi connectivity index (χ1) is 9.67. The van der Waals surface area contributed by atoms with Crippen LogP contribution in [0.1, 0.15) is 50.3 Å². The summed E-state index contributed by atoms with van der Waals surface area (Å²) in [5.74, 6) is 0.381. The lowest BCUT2D eigenvalue weighted by Gasteiger charge is -2.39. The summed E-state index contributed by atoms with van der Waals surface area (Å²) in [6.07, 6.45) is 4.66. The minimum Gasteiger partial charge on any atom is -0.508 e. The molecule has 1 N–H and O–H groups in total. The van der Waals surface area contributed by atoms with Crippen LogP contribution < -0.4 is 0 Å². The van der Waals surface area contributed by atoms with Crippen LogP contribution in [0, 0.1) is 0 Å². The van der Waals surface area contributed by atoms with Gasteiger partial charge in [0.1, 0.15) is 5.75 Å². The number of hydrogen-bond acceptors (Lipinski definition) is 3. The molecule has 0 radical (unpaired) electrons. The van der Waals surface area contributed by atoms with Gasteiger partial charge in [0.15, 0.2) is 0 Å². The minimum atomic E-state index is 0.381. The third-order valence-electron chi connectivity index (χ3n) is 4.52. The summed E-state index contributed by atoms with van der Waals surface area (Å²) in [6.45, 7) is 6.23. The van der Waals surface area contributed by atoms with Gasteiger partial charge in [-0.25, -0.2) is 0 Å². The van der Waals surface area contributed by atoms with E-state index in [9.17, 15) is 5.11 Å². The number of rotatable bonds is 6. The van der Waals surface area contributed by atoms with E-state index in [0.29, 0.717) is 17.8 Å². The predicted octanol–water partition coefficient (Wildman–Crippen LogP) is 3.52. The minimum absolute atomic E-state index is 0.381. The maximum Gasteiger partial charge on any atom is 0.115 e. The summed E-state index contributed by atoms with van der Waals surface area (Å²) in [6, 6.07) is 6.80. The molecule has 1 aliphatic carbocycles. The first-order valence-corrected chi connectivity index (χ1v) is 7.73. The second-order valence-electron chi connectivity index (χ2n) is 5.78. The Labute approximate surface area is 122 Å². The van der Waals surface area contributed by atoms with E-state index < -0.39 is 0 Å². The molecule has 1 aromatic carbocycles. The molecule has 0 saturated heterocycles. The van der Waals surface area contributed by atoms with Gasteiger partial charge in [-0.05, 0) is 55.9 Å². The summed E-state index contributed by atoms with van der Waals surface area (Å²) in [5, 5.41) is 9.82. The number of hydrogen-bond donors (Lipinski definition) is 1. The van der Waals surface area contributed by atoms with Crippen LogP contribution in [0.15, 0.2) is 18.2 Å². The normalized spacial score (nSPS) is 19.9. The fraction of sp³-hybridized carbons (Fsp3) is 0.647. The van der Waals surface area contributed by atoms with Crippen molar-refractivity contribution in [2.75, 3.05) is 20.3 Å². The monoisotopic (exact) mass is 277 g/mol. The van der Waals surface area contributed by atoms with Gasteiger partial charge in [-0.15, -0.1) is 0 Å². The molecule has 2 rings (SSSR count). The Morgan fingerprint density at radius 3 is 2.95 bits per heavy atom. The fourth-order valence-corrected chi connectivity index (χ4v) is 3.22. The number of benzene rings is 1. The van der Waals surface area contributed by atoms with Crippen molar-refractivity contribution in [1.29, 1.82) is 0 Å². The van der Waals surface area contributed by atoms with E-state index in [1.807, 2.05) is 12.1 Å². The quantitative estimate of drug-likeness (QED) is 0.863. The summed E-state index contributed by atoms with van der Waals surface area (Å²) in [7, 11) is 1.76. The Kier molecular flexibility index (Phi) is 5.44. The van der Waals surface area contributed by atoms with Gasteiger partial charge in [-0.2, -0.15) is 0 Å². The maximum absolute atomic E-state index is 9.82. The molecule has 0 fully saturated rings. The van der Waals surface area contributed by atoms with Crippen LogP contribution in [0.4, 0.5) is 0 Å². The molecule has 2 unspecified atom stereocenters. The molecule has 0 aliphatic heterocycles. The average molecular weight is 277 g/mol. The zero-order chi connectivity index (χ0) is 14.5. The van der Waals surface area contributed by atoms with Crippen LogP contribution in [-0.4, -0.2) is 36.3 Å². The Morgan fingerprint density at radius 2 is 2.25 bits per heavy atom. The van der Waals surface area contributed by atoms with E-state index in [2.05, 4.69) is 24.8 Å². The van der Waals surface area contributed by atoms with Crippen LogP contribution in [0.5, 0.6) is 5.75 Å². The molecule has 0 heterocycles. The SMILES string of the molecule is CCC(C)N(CCOC)C1CCCc2ccc(O)cc21. The Bertz CT molecular complexity index is 433. The second kappa shape index (κ2) is 7.09. The van der Waals surface area contributed by atoms with E-state index >= 15 is 0 Å². The zero-order valence-corrected chi connectivity index (χ0v) is 12.9. The van der Waals surface area contributed by atoms with Crippen LogP contribution in [0.3, 0.4) is 0 Å². The molecule has 1 aliphatic rings. The molecule has 0 saturated carbocycles. The first-order valence-electron chi connectivity index (χ1n) is 7.73. The number of nitrogens with zero attached hydrogens (tertiary/aromatic N) is 1. The van der Waals surface area contributed by atoms with Crippen LogP contribution in [0.2, 0.25) is 0 Å². The van der Waals surface area contributed by atoms with E-state index in [1.54, 1.807) is 7.11 Å². The standard InChI is InChI=1S/C17H27NO2/c1-4-13(2)18(10-11-20-3)17-7-5-6-14-8-9-15(19)12-16(14)17/h8-9,12-13,17,19H,4-7,10-11H2,1-3H3. The van der Waals surface area contributed by atoms with Crippen molar-refractivity contribution in [2.24, 2.45) is 0 Å². The van der Waals surface area contributed by atoms with E-state index in [0.717, 1.165) is 26.0 Å². The number of phenols is 1. The van der Waals surface area contributed by atoms with Crippen molar-refractivity contribution in [2.45, 2.75) is 51.6 Å². The molecule has 0 bridgehead atoms. The third kappa shape index (κ3) is 3.33. The maximum atomic E-state index is 9.82. The predicted molar refractivity (Wildman–Crippen MR) is 82.1 cm³/mol. The summed E-state index contributed by atoms with van der Waals surface area (Å²) in [5.41, 5.74) is 2.71. The first kappa shape index (κ1) is 15.3. The zero-order valence-electron chi connectivity index (χ0n) is 12.9. The van der Waals surface area contributed by atoms with Crippen molar-refractivity contribution < 1.29 is 9.84 Å². The summed E-state index contributed by atoms with van der Waals surface area (Å²) in [4.78, 5) is 2.54. The third-order valence-corrected chi connectivity index (χ3v) is 4.52. The Hall–Kier alpha value is -1.06. The highest BCUT2D eigenvalue weighted by Gasteiger charge is 2.28. The van der Waals surface area contributed by atoms with Gasteiger partial charge in [0.05, 0.1) is 6.61 Å². The molecule has 2 atom stereocenters. The van der Waals surface area contributed by atoms with Crippen LogP contribution in [-0.2, 0) is 11.2 Å². The van der Waals surface area contributed by atoms with Gasteiger partial charge in [0.2, 0.25) is 0 Å². The van der Waals surface area contributed by atoms with Gasteiger partial charge in [0.25, 0.3) is 0 Å². The molecule has 3 nitrogen and oxygen atoms in total. The lowest BCUT2D eigenvalue weighted by molar-refractivity contribution is 0.0799. The van der Waals surface area contributed by atoms with Crippen molar-refractivity contribution in [1.82, 2.24) is 4.90 Å². The Balaban J connectivity index is 2.27. The smallest absolute Gasteiger partial charge is 0.115 e. The molecule has 3 heteroatoms. The second-order valence-corrected chi connectivity index (χ2v) is 5.78. The van der Waals surface area contributed by atoms with Crippen molar-refractivity contribution in [3.63, 3.8) is 0 Å². The molecule has 0 aromatic heterocycles. The molecule has 20 heavy (non-hydrogen) atoms.